The highest BCUT2D eigenvalue weighted by Gasteiger charge is 2.50. The lowest BCUT2D eigenvalue weighted by Gasteiger charge is -2.57. The quantitative estimate of drug-likeness (QED) is 0.185. The van der Waals surface area contributed by atoms with E-state index in [-0.39, 0.29) is 24.3 Å². The van der Waals surface area contributed by atoms with E-state index in [1.807, 2.05) is 0 Å². The van der Waals surface area contributed by atoms with Gasteiger partial charge in [0.25, 0.3) is 0 Å². The molecule has 5 aromatic carbocycles. The summed E-state index contributed by atoms with van der Waals surface area (Å²) in [5, 5.41) is 22.7. The number of nitrogens with zero attached hydrogens (tertiary/aromatic N) is 4. The first-order valence-electron chi connectivity index (χ1n) is 25.7. The largest absolute Gasteiger partial charge is 0.461 e. The van der Waals surface area contributed by atoms with Crippen molar-refractivity contribution >= 4 is 83.5 Å². The first-order chi connectivity index (χ1) is 35.2. The van der Waals surface area contributed by atoms with Gasteiger partial charge in [-0.05, 0) is 129 Å². The minimum Gasteiger partial charge on any atom is -0.461 e. The van der Waals surface area contributed by atoms with Gasteiger partial charge in [0.1, 0.15) is 46.3 Å². The monoisotopic (exact) mass is 923 g/mol. The van der Waals surface area contributed by atoms with Gasteiger partial charge in [-0.1, -0.05) is 85.0 Å². The van der Waals surface area contributed by atoms with Crippen LogP contribution in [0.4, 0.5) is 0 Å². The van der Waals surface area contributed by atoms with Crippen LogP contribution in [-0.4, -0.2) is 26.4 Å². The number of aromatic nitrogens is 2. The molecule has 0 amide bonds. The predicted molar refractivity (Wildman–Crippen MR) is 283 cm³/mol. The molecule has 8 heteroatoms. The van der Waals surface area contributed by atoms with Gasteiger partial charge in [-0.15, -0.1) is 0 Å². The minimum atomic E-state index is -0.182. The van der Waals surface area contributed by atoms with Crippen LogP contribution in [0, 0.1) is 17.2 Å². The first kappa shape index (κ1) is 39.8. The Bertz CT molecular complexity index is 4110. The van der Waals surface area contributed by atoms with E-state index in [0.29, 0.717) is 17.9 Å². The molecule has 0 radical (unpaired) electrons. The third-order valence-corrected chi connectivity index (χ3v) is 17.0. The third kappa shape index (κ3) is 5.58. The number of furan rings is 2. The Hall–Kier alpha value is -7.99. The molecule has 0 bridgehead atoms. The molecule has 7 aliphatic rings. The minimum absolute atomic E-state index is 0.0901. The molecule has 0 spiro atoms. The third-order valence-electron chi connectivity index (χ3n) is 17.0. The van der Waals surface area contributed by atoms with Gasteiger partial charge in [-0.3, -0.25) is 5.32 Å². The lowest BCUT2D eigenvalue weighted by atomic mass is 9.77. The molecule has 5 unspecified atom stereocenters. The molecular weight excluding hydrogens is 875 g/mol. The highest BCUT2D eigenvalue weighted by molar-refractivity contribution is 6.23. The van der Waals surface area contributed by atoms with E-state index in [1.165, 1.54) is 38.7 Å². The number of benzene rings is 5. The summed E-state index contributed by atoms with van der Waals surface area (Å²) in [4.78, 5) is 2.66. The second-order valence-electron chi connectivity index (χ2n) is 20.6. The second-order valence-corrected chi connectivity index (χ2v) is 20.6. The maximum atomic E-state index is 11.6. The second kappa shape index (κ2) is 15.0. The SMILES string of the molecule is N#CC1=C(n2c3c(c4c5oc6c(c5ccc42)C=CCC6)CCC=C3)CC(n2c3ccccc3c3c4oc5ccccc5c4ccc32)C(C2NC(C3CC=C4Oc5ccccc5C4C3)N2C2=CCCC=C2)=C1. The van der Waals surface area contributed by atoms with Crippen molar-refractivity contribution in [2.45, 2.75) is 82.1 Å². The average Bonchev–Trinajstić information content (AvgIpc) is 4.23. The van der Waals surface area contributed by atoms with Crippen LogP contribution in [0.5, 0.6) is 5.75 Å². The summed E-state index contributed by atoms with van der Waals surface area (Å²) in [5.74, 6) is 3.74. The number of allylic oxidation sites excluding steroid dienone is 10. The highest BCUT2D eigenvalue weighted by atomic mass is 16.5. The van der Waals surface area contributed by atoms with Gasteiger partial charge in [0.05, 0.1) is 34.2 Å². The van der Waals surface area contributed by atoms with Crippen molar-refractivity contribution in [3.05, 3.63) is 190 Å². The van der Waals surface area contributed by atoms with Crippen molar-refractivity contribution in [1.29, 1.82) is 5.26 Å². The first-order valence-corrected chi connectivity index (χ1v) is 25.7. The summed E-state index contributed by atoms with van der Waals surface area (Å²) < 4.78 is 25.1. The number of rotatable bonds is 5. The highest BCUT2D eigenvalue weighted by Crippen LogP contribution is 2.53. The van der Waals surface area contributed by atoms with E-state index in [9.17, 15) is 5.26 Å². The van der Waals surface area contributed by atoms with Crippen molar-refractivity contribution in [2.75, 3.05) is 0 Å². The van der Waals surface area contributed by atoms with Crippen LogP contribution in [0.3, 0.4) is 0 Å². The standard InChI is InChI=1S/C63H49N5O3/c64-35-37-33-47(63-65-62(66(63)38-14-2-1-3-15-38)36-26-31-57-46(32-36)41-18-8-11-23-54(41)69-57)53(68-49-22-10-5-20-45(49)59-51(68)30-28-43-40-17-7-13-25-56(40)71-61(43)59)34-52(37)67-48-21-9-4-19-44(48)58-50(67)29-27-42-39-16-6-12-24-55(39)70-60(42)58/h2,5-11,13-18,20-23,25,27-31,33,36,46,53,62-63,65H,1,3-4,12,19,24,26,32,34H2. The normalized spacial score (nSPS) is 23.5. The number of ether oxygens (including phenoxy) is 1. The molecule has 1 N–H and O–H groups in total. The van der Waals surface area contributed by atoms with E-state index < -0.39 is 0 Å². The molecule has 344 valence electrons. The molecule has 5 aliphatic carbocycles. The van der Waals surface area contributed by atoms with Gasteiger partial charge in [-0.2, -0.15) is 5.26 Å². The van der Waals surface area contributed by atoms with Gasteiger partial charge in [0.2, 0.25) is 0 Å². The van der Waals surface area contributed by atoms with Crippen LogP contribution in [0.2, 0.25) is 0 Å². The smallest absolute Gasteiger partial charge is 0.145 e. The number of para-hydroxylation sites is 3. The Morgan fingerprint density at radius 2 is 1.51 bits per heavy atom. The fraction of sp³-hybridized carbons (Fsp3) is 0.222. The van der Waals surface area contributed by atoms with Crippen molar-refractivity contribution in [3.63, 3.8) is 0 Å². The predicted octanol–water partition coefficient (Wildman–Crippen LogP) is 14.9. The number of hydrogen-bond acceptors (Lipinski definition) is 6. The number of nitrogens with one attached hydrogen (secondary N) is 1. The molecule has 6 heterocycles. The number of hydrogen-bond donors (Lipinski definition) is 1. The summed E-state index contributed by atoms with van der Waals surface area (Å²) in [6.07, 6.45) is 29.0. The van der Waals surface area contributed by atoms with Crippen LogP contribution >= 0.6 is 0 Å². The molecule has 16 rings (SSSR count). The van der Waals surface area contributed by atoms with Gasteiger partial charge >= 0.3 is 0 Å². The van der Waals surface area contributed by atoms with Gasteiger partial charge in [0.15, 0.2) is 0 Å². The number of aryl methyl sites for hydroxylation is 2. The van der Waals surface area contributed by atoms with Gasteiger partial charge < -0.3 is 27.6 Å². The Morgan fingerprint density at radius 3 is 2.44 bits per heavy atom. The number of fused-ring (bicyclic) bond motifs is 17. The Kier molecular flexibility index (Phi) is 8.42. The van der Waals surface area contributed by atoms with E-state index in [1.54, 1.807) is 0 Å². The zero-order valence-electron chi connectivity index (χ0n) is 39.2. The molecule has 71 heavy (non-hydrogen) atoms. The summed E-state index contributed by atoms with van der Waals surface area (Å²) in [7, 11) is 0. The summed E-state index contributed by atoms with van der Waals surface area (Å²) >= 11 is 0. The maximum absolute atomic E-state index is 11.6. The molecule has 9 aromatic rings. The maximum Gasteiger partial charge on any atom is 0.145 e. The Labute approximate surface area is 410 Å². The van der Waals surface area contributed by atoms with E-state index in [2.05, 4.69) is 177 Å². The topological polar surface area (TPSA) is 84.4 Å². The molecular formula is C63H49N5O3. The van der Waals surface area contributed by atoms with Gasteiger partial charge in [0, 0.05) is 79.4 Å². The van der Waals surface area contributed by atoms with Crippen molar-refractivity contribution in [1.82, 2.24) is 19.4 Å². The molecule has 0 saturated carbocycles. The fourth-order valence-electron chi connectivity index (χ4n) is 13.9. The Morgan fingerprint density at radius 1 is 0.690 bits per heavy atom. The van der Waals surface area contributed by atoms with Crippen LogP contribution in [0.25, 0.3) is 83.5 Å². The van der Waals surface area contributed by atoms with E-state index in [0.717, 1.165) is 135 Å². The lowest BCUT2D eigenvalue weighted by molar-refractivity contribution is -0.0169. The van der Waals surface area contributed by atoms with Crippen molar-refractivity contribution in [3.8, 4) is 11.8 Å². The zero-order chi connectivity index (χ0) is 46.5. The van der Waals surface area contributed by atoms with Crippen LogP contribution in [-0.2, 0) is 12.8 Å². The average molecular weight is 924 g/mol. The van der Waals surface area contributed by atoms with Crippen LogP contribution in [0.15, 0.2) is 171 Å². The zero-order valence-corrected chi connectivity index (χ0v) is 39.2. The molecule has 1 saturated heterocycles. The Balaban J connectivity index is 0.916. The van der Waals surface area contributed by atoms with Crippen LogP contribution < -0.4 is 10.1 Å². The summed E-state index contributed by atoms with van der Waals surface area (Å²) in [6, 6.07) is 37.5. The summed E-state index contributed by atoms with van der Waals surface area (Å²) in [6.45, 7) is 0. The molecule has 4 aromatic heterocycles. The molecule has 8 nitrogen and oxygen atoms in total. The number of nitriles is 1. The lowest BCUT2D eigenvalue weighted by Crippen LogP contribution is -2.72. The molecule has 5 atom stereocenters. The van der Waals surface area contributed by atoms with E-state index >= 15 is 0 Å². The van der Waals surface area contributed by atoms with Crippen LogP contribution in [0.1, 0.15) is 85.1 Å². The fourth-order valence-corrected chi connectivity index (χ4v) is 13.9. The van der Waals surface area contributed by atoms with Crippen molar-refractivity contribution in [2.24, 2.45) is 5.92 Å². The summed E-state index contributed by atoms with van der Waals surface area (Å²) in [5.41, 5.74) is 15.2. The van der Waals surface area contributed by atoms with E-state index in [4.69, 9.17) is 13.6 Å². The van der Waals surface area contributed by atoms with Crippen molar-refractivity contribution < 1.29 is 13.6 Å². The van der Waals surface area contributed by atoms with Gasteiger partial charge in [-0.25, -0.2) is 0 Å². The molecule has 1 fully saturated rings. The molecule has 2 aliphatic heterocycles.